The summed E-state index contributed by atoms with van der Waals surface area (Å²) in [5, 5.41) is 4.63. The second-order valence-corrected chi connectivity index (χ2v) is 4.41. The number of halogens is 2. The van der Waals surface area contributed by atoms with Crippen molar-refractivity contribution in [2.24, 2.45) is 0 Å². The van der Waals surface area contributed by atoms with Crippen molar-refractivity contribution in [3.63, 3.8) is 0 Å². The van der Waals surface area contributed by atoms with Crippen molar-refractivity contribution in [3.8, 4) is 11.3 Å². The predicted molar refractivity (Wildman–Crippen MR) is 68.1 cm³/mol. The van der Waals surface area contributed by atoms with Gasteiger partial charge < -0.3 is 0 Å². The average molecular weight is 262 g/mol. The van der Waals surface area contributed by atoms with E-state index in [4.69, 9.17) is 11.6 Å². The molecule has 0 spiro atoms. The highest BCUT2D eigenvalue weighted by Gasteiger charge is 2.07. The Morgan fingerprint density at radius 2 is 1.94 bits per heavy atom. The minimum Gasteiger partial charge on any atom is -0.227 e. The third kappa shape index (κ3) is 1.84. The average Bonchev–Trinajstić information content (AvgIpc) is 2.73. The summed E-state index contributed by atoms with van der Waals surface area (Å²) in [4.78, 5) is 4.43. The van der Waals surface area contributed by atoms with E-state index in [1.54, 1.807) is 22.8 Å². The summed E-state index contributed by atoms with van der Waals surface area (Å²) in [5.41, 5.74) is 3.18. The maximum absolute atomic E-state index is 12.9. The lowest BCUT2D eigenvalue weighted by molar-refractivity contribution is 0.628. The Kier molecular flexibility index (Phi) is 2.52. The highest BCUT2D eigenvalue weighted by atomic mass is 35.5. The number of fused-ring (bicyclic) bond motifs is 1. The summed E-state index contributed by atoms with van der Waals surface area (Å²) in [6.45, 7) is 1.88. The van der Waals surface area contributed by atoms with Crippen molar-refractivity contribution in [2.75, 3.05) is 0 Å². The van der Waals surface area contributed by atoms with Crippen LogP contribution >= 0.6 is 11.6 Å². The number of hydrogen-bond donors (Lipinski definition) is 0. The topological polar surface area (TPSA) is 30.2 Å². The van der Waals surface area contributed by atoms with Gasteiger partial charge in [-0.2, -0.15) is 5.10 Å². The summed E-state index contributed by atoms with van der Waals surface area (Å²) in [6.07, 6.45) is 1.77. The minimum atomic E-state index is -0.264. The zero-order valence-electron chi connectivity index (χ0n) is 9.56. The Morgan fingerprint density at radius 3 is 2.67 bits per heavy atom. The van der Waals surface area contributed by atoms with E-state index in [1.807, 2.05) is 13.0 Å². The molecule has 0 radical (unpaired) electrons. The van der Waals surface area contributed by atoms with Crippen molar-refractivity contribution in [1.29, 1.82) is 0 Å². The summed E-state index contributed by atoms with van der Waals surface area (Å²) in [6, 6.07) is 8.05. The third-order valence-electron chi connectivity index (χ3n) is 2.72. The van der Waals surface area contributed by atoms with Crippen LogP contribution in [0.15, 0.2) is 36.5 Å². The van der Waals surface area contributed by atoms with Gasteiger partial charge in [0.05, 0.1) is 11.9 Å². The second-order valence-electron chi connectivity index (χ2n) is 4.05. The maximum atomic E-state index is 12.9. The lowest BCUT2D eigenvalue weighted by Crippen LogP contribution is -1.92. The van der Waals surface area contributed by atoms with Gasteiger partial charge in [-0.3, -0.25) is 0 Å². The fourth-order valence-electron chi connectivity index (χ4n) is 1.75. The fourth-order valence-corrected chi connectivity index (χ4v) is 1.89. The predicted octanol–water partition coefficient (Wildman–Crippen LogP) is 3.50. The summed E-state index contributed by atoms with van der Waals surface area (Å²) < 4.78 is 14.5. The number of imidazole rings is 1. The molecule has 3 rings (SSSR count). The molecule has 0 unspecified atom stereocenters. The van der Waals surface area contributed by atoms with E-state index in [0.717, 1.165) is 22.5 Å². The van der Waals surface area contributed by atoms with Gasteiger partial charge in [0.1, 0.15) is 5.82 Å². The largest absolute Gasteiger partial charge is 0.227 e. The molecule has 0 saturated heterocycles. The zero-order chi connectivity index (χ0) is 12.7. The van der Waals surface area contributed by atoms with Crippen LogP contribution in [0.4, 0.5) is 4.39 Å². The van der Waals surface area contributed by atoms with Crippen LogP contribution in [0.1, 0.15) is 5.56 Å². The molecule has 0 bridgehead atoms. The molecule has 2 aromatic heterocycles. The highest BCUT2D eigenvalue weighted by molar-refractivity contribution is 6.30. The molecule has 0 atom stereocenters. The van der Waals surface area contributed by atoms with Gasteiger partial charge in [-0.25, -0.2) is 13.9 Å². The molecule has 18 heavy (non-hydrogen) atoms. The van der Waals surface area contributed by atoms with Crippen LogP contribution in [0, 0.1) is 12.7 Å². The van der Waals surface area contributed by atoms with E-state index < -0.39 is 0 Å². The first-order chi connectivity index (χ1) is 8.63. The Labute approximate surface area is 108 Å². The molecule has 0 N–H and O–H groups in total. The van der Waals surface area contributed by atoms with Crippen molar-refractivity contribution >= 4 is 17.2 Å². The number of benzene rings is 1. The lowest BCUT2D eigenvalue weighted by Gasteiger charge is -1.96. The van der Waals surface area contributed by atoms with Crippen LogP contribution in [0.25, 0.3) is 16.9 Å². The first kappa shape index (κ1) is 11.2. The molecule has 3 aromatic rings. The van der Waals surface area contributed by atoms with Gasteiger partial charge >= 0.3 is 0 Å². The SMILES string of the molecule is Cc1cc2nc(-c3ccc(F)cc3)cn2nc1Cl. The maximum Gasteiger partial charge on any atom is 0.154 e. The smallest absolute Gasteiger partial charge is 0.154 e. The Hall–Kier alpha value is -1.94. The van der Waals surface area contributed by atoms with E-state index in [-0.39, 0.29) is 5.82 Å². The molecule has 2 heterocycles. The number of nitrogens with zero attached hydrogens (tertiary/aromatic N) is 3. The summed E-state index contributed by atoms with van der Waals surface area (Å²) in [5.74, 6) is -0.264. The quantitative estimate of drug-likeness (QED) is 0.671. The second kappa shape index (κ2) is 4.07. The Bertz CT molecular complexity index is 680. The van der Waals surface area contributed by atoms with Crippen molar-refractivity contribution in [1.82, 2.24) is 14.6 Å². The van der Waals surface area contributed by atoms with Gasteiger partial charge in [0.25, 0.3) is 0 Å². The van der Waals surface area contributed by atoms with E-state index in [0.29, 0.717) is 5.15 Å². The first-order valence-electron chi connectivity index (χ1n) is 5.42. The number of aromatic nitrogens is 3. The molecular formula is C13H9ClFN3. The van der Waals surface area contributed by atoms with E-state index >= 15 is 0 Å². The minimum absolute atomic E-state index is 0.264. The molecule has 0 aliphatic rings. The number of aryl methyl sites for hydroxylation is 1. The fraction of sp³-hybridized carbons (Fsp3) is 0.0769. The molecule has 5 heteroatoms. The van der Waals surface area contributed by atoms with Crippen LogP contribution < -0.4 is 0 Å². The molecule has 0 amide bonds. The van der Waals surface area contributed by atoms with Crippen molar-refractivity contribution in [3.05, 3.63) is 53.1 Å². The zero-order valence-corrected chi connectivity index (χ0v) is 10.3. The molecule has 3 nitrogen and oxygen atoms in total. The standard InChI is InChI=1S/C13H9ClFN3/c1-8-6-12-16-11(7-18(12)17-13(8)14)9-2-4-10(15)5-3-9/h2-7H,1H3. The van der Waals surface area contributed by atoms with Crippen LogP contribution in [-0.4, -0.2) is 14.6 Å². The number of hydrogen-bond acceptors (Lipinski definition) is 2. The molecular weight excluding hydrogens is 253 g/mol. The summed E-state index contributed by atoms with van der Waals surface area (Å²) >= 11 is 5.95. The van der Waals surface area contributed by atoms with E-state index in [2.05, 4.69) is 10.1 Å². The Morgan fingerprint density at radius 1 is 1.22 bits per heavy atom. The Balaban J connectivity index is 2.16. The van der Waals surface area contributed by atoms with Gasteiger partial charge in [-0.15, -0.1) is 0 Å². The normalized spacial score (nSPS) is 11.1. The monoisotopic (exact) mass is 261 g/mol. The van der Waals surface area contributed by atoms with Gasteiger partial charge in [0.15, 0.2) is 10.8 Å². The van der Waals surface area contributed by atoms with Crippen LogP contribution in [0.5, 0.6) is 0 Å². The molecule has 1 aromatic carbocycles. The van der Waals surface area contributed by atoms with Crippen LogP contribution in [-0.2, 0) is 0 Å². The van der Waals surface area contributed by atoms with Crippen LogP contribution in [0.3, 0.4) is 0 Å². The highest BCUT2D eigenvalue weighted by Crippen LogP contribution is 2.21. The third-order valence-corrected chi connectivity index (χ3v) is 3.09. The van der Waals surface area contributed by atoms with Gasteiger partial charge in [0, 0.05) is 5.56 Å². The first-order valence-corrected chi connectivity index (χ1v) is 5.80. The lowest BCUT2D eigenvalue weighted by atomic mass is 10.2. The van der Waals surface area contributed by atoms with Crippen LogP contribution in [0.2, 0.25) is 5.15 Å². The van der Waals surface area contributed by atoms with E-state index in [1.165, 1.54) is 12.1 Å². The van der Waals surface area contributed by atoms with Gasteiger partial charge in [0.2, 0.25) is 0 Å². The molecule has 0 aliphatic carbocycles. The molecule has 90 valence electrons. The van der Waals surface area contributed by atoms with Crippen molar-refractivity contribution < 1.29 is 4.39 Å². The molecule has 0 saturated carbocycles. The van der Waals surface area contributed by atoms with Crippen molar-refractivity contribution in [2.45, 2.75) is 6.92 Å². The number of rotatable bonds is 1. The van der Waals surface area contributed by atoms with E-state index in [9.17, 15) is 4.39 Å². The van der Waals surface area contributed by atoms with Gasteiger partial charge in [-0.1, -0.05) is 11.6 Å². The molecule has 0 fully saturated rings. The molecule has 0 aliphatic heterocycles. The van der Waals surface area contributed by atoms with Gasteiger partial charge in [-0.05, 0) is 42.8 Å². The summed E-state index contributed by atoms with van der Waals surface area (Å²) in [7, 11) is 0.